The molecule has 4 rings (SSSR count). The zero-order valence-electron chi connectivity index (χ0n) is 18.1. The first kappa shape index (κ1) is 21.4. The Labute approximate surface area is 180 Å². The van der Waals surface area contributed by atoms with Crippen LogP contribution in [0.5, 0.6) is 0 Å². The molecule has 0 heterocycles. The van der Waals surface area contributed by atoms with Crippen molar-refractivity contribution in [3.05, 3.63) is 105 Å². The molecule has 0 N–H and O–H groups in total. The molecule has 3 aromatic carbocycles. The maximum atomic E-state index is 15.2. The molecule has 0 unspecified atom stereocenters. The van der Waals surface area contributed by atoms with E-state index in [0.29, 0.717) is 5.56 Å². The molecule has 30 heavy (non-hydrogen) atoms. The van der Waals surface area contributed by atoms with Crippen LogP contribution >= 0.6 is 0 Å². The van der Waals surface area contributed by atoms with Crippen molar-refractivity contribution in [2.24, 2.45) is 0 Å². The Kier molecular flexibility index (Phi) is 7.11. The lowest BCUT2D eigenvalue weighted by Crippen LogP contribution is -1.97. The van der Waals surface area contributed by atoms with Crippen molar-refractivity contribution >= 4 is 0 Å². The molecule has 150 valence electrons. The molecule has 0 spiro atoms. The van der Waals surface area contributed by atoms with Crippen LogP contribution in [0.4, 0.5) is 4.39 Å². The van der Waals surface area contributed by atoms with Crippen LogP contribution in [-0.4, -0.2) is 0 Å². The van der Waals surface area contributed by atoms with Gasteiger partial charge in [0.2, 0.25) is 0 Å². The molecule has 1 aliphatic rings. The molecule has 0 saturated heterocycles. The fourth-order valence-electron chi connectivity index (χ4n) is 3.12. The minimum Gasteiger partial charge on any atom is -0.205 e. The van der Waals surface area contributed by atoms with Crippen LogP contribution in [0.3, 0.4) is 0 Å². The second-order valence-electron chi connectivity index (χ2n) is 7.39. The quantitative estimate of drug-likeness (QED) is 0.385. The Hall–Kier alpha value is -3.29. The van der Waals surface area contributed by atoms with Gasteiger partial charge in [0.1, 0.15) is 5.82 Å². The summed E-state index contributed by atoms with van der Waals surface area (Å²) in [5.41, 5.74) is 6.17. The van der Waals surface area contributed by atoms with Crippen molar-refractivity contribution in [2.45, 2.75) is 46.5 Å². The Morgan fingerprint density at radius 2 is 1.07 bits per heavy atom. The number of hydrogen-bond donors (Lipinski definition) is 0. The molecule has 1 heteroatoms. The lowest BCUT2D eigenvalue weighted by Gasteiger charge is -2.07. The third-order valence-corrected chi connectivity index (χ3v) is 4.95. The second kappa shape index (κ2) is 9.96. The molecule has 1 fully saturated rings. The van der Waals surface area contributed by atoms with Gasteiger partial charge in [-0.25, -0.2) is 4.39 Å². The third-order valence-electron chi connectivity index (χ3n) is 4.95. The van der Waals surface area contributed by atoms with Crippen molar-refractivity contribution in [1.82, 2.24) is 0 Å². The average molecular weight is 395 g/mol. The van der Waals surface area contributed by atoms with Gasteiger partial charge < -0.3 is 0 Å². The van der Waals surface area contributed by atoms with Gasteiger partial charge in [0.15, 0.2) is 0 Å². The van der Waals surface area contributed by atoms with E-state index < -0.39 is 0 Å². The van der Waals surface area contributed by atoms with Gasteiger partial charge in [0.25, 0.3) is 0 Å². The van der Waals surface area contributed by atoms with Gasteiger partial charge >= 0.3 is 0 Å². The first-order valence-corrected chi connectivity index (χ1v) is 10.6. The van der Waals surface area contributed by atoms with E-state index in [4.69, 9.17) is 0 Å². The summed E-state index contributed by atoms with van der Waals surface area (Å²) in [6, 6.07) is 19.7. The molecule has 1 saturated carbocycles. The van der Waals surface area contributed by atoms with Crippen molar-refractivity contribution in [3.8, 4) is 23.7 Å². The molecular formula is C29H27F. The highest BCUT2D eigenvalue weighted by Gasteiger charge is 2.29. The number of aryl methyl sites for hydroxylation is 2. The summed E-state index contributed by atoms with van der Waals surface area (Å²) in [5, 5.41) is 0. The first-order valence-electron chi connectivity index (χ1n) is 10.6. The van der Waals surface area contributed by atoms with Crippen molar-refractivity contribution in [3.63, 3.8) is 0 Å². The maximum absolute atomic E-state index is 15.2. The Morgan fingerprint density at radius 3 is 1.53 bits per heavy atom. The van der Waals surface area contributed by atoms with Gasteiger partial charge in [0.05, 0.1) is 5.56 Å². The molecule has 0 amide bonds. The van der Waals surface area contributed by atoms with E-state index in [0.717, 1.165) is 35.1 Å². The largest absolute Gasteiger partial charge is 0.205 e. The van der Waals surface area contributed by atoms with Crippen LogP contribution in [-0.2, 0) is 0 Å². The Balaban J connectivity index is 0.00000124. The molecule has 0 atom stereocenters. The zero-order valence-corrected chi connectivity index (χ0v) is 18.1. The van der Waals surface area contributed by atoms with Gasteiger partial charge in [-0.05, 0) is 69.0 Å². The van der Waals surface area contributed by atoms with Crippen LogP contribution in [0.2, 0.25) is 0 Å². The van der Waals surface area contributed by atoms with E-state index >= 15 is 4.39 Å². The first-order chi connectivity index (χ1) is 14.6. The van der Waals surface area contributed by atoms with Crippen LogP contribution < -0.4 is 0 Å². The summed E-state index contributed by atoms with van der Waals surface area (Å²) in [5.74, 6) is 12.5. The predicted molar refractivity (Wildman–Crippen MR) is 124 cm³/mol. The van der Waals surface area contributed by atoms with Crippen molar-refractivity contribution < 1.29 is 4.39 Å². The summed E-state index contributed by atoms with van der Waals surface area (Å²) in [7, 11) is 0. The van der Waals surface area contributed by atoms with Gasteiger partial charge in [-0.15, -0.1) is 0 Å². The lowest BCUT2D eigenvalue weighted by molar-refractivity contribution is 0.606. The van der Waals surface area contributed by atoms with E-state index in [2.05, 4.69) is 23.7 Å². The highest BCUT2D eigenvalue weighted by molar-refractivity contribution is 5.54. The van der Waals surface area contributed by atoms with Crippen LogP contribution in [0, 0.1) is 43.3 Å². The van der Waals surface area contributed by atoms with Gasteiger partial charge in [-0.3, -0.25) is 0 Å². The van der Waals surface area contributed by atoms with E-state index in [1.165, 1.54) is 11.1 Å². The van der Waals surface area contributed by atoms with Gasteiger partial charge in [-0.2, -0.15) is 0 Å². The van der Waals surface area contributed by atoms with Gasteiger partial charge in [0, 0.05) is 22.3 Å². The minimum atomic E-state index is -0.210. The van der Waals surface area contributed by atoms with Crippen LogP contribution in [0.1, 0.15) is 71.6 Å². The molecule has 0 bridgehead atoms. The molecule has 0 nitrogen and oxygen atoms in total. The molecule has 0 aromatic heterocycles. The zero-order chi connectivity index (χ0) is 21.5. The van der Waals surface area contributed by atoms with E-state index in [9.17, 15) is 0 Å². The predicted octanol–water partition coefficient (Wildman–Crippen LogP) is 7.15. The molecule has 3 aromatic rings. The topological polar surface area (TPSA) is 0 Å². The summed E-state index contributed by atoms with van der Waals surface area (Å²) in [6.07, 6.45) is 2.04. The number of rotatable bonds is 1. The fraction of sp³-hybridized carbons (Fsp3) is 0.241. The van der Waals surface area contributed by atoms with E-state index in [-0.39, 0.29) is 11.7 Å². The number of hydrogen-bond acceptors (Lipinski definition) is 0. The SMILES string of the molecule is CC.Cc1ccc(C#Cc2ccc(C#Cc3ccc(C)cc3)c(C3CC3)c2F)cc1. The van der Waals surface area contributed by atoms with Gasteiger partial charge in [-0.1, -0.05) is 72.9 Å². The number of benzene rings is 3. The summed E-state index contributed by atoms with van der Waals surface area (Å²) >= 11 is 0. The Morgan fingerprint density at radius 1 is 0.633 bits per heavy atom. The smallest absolute Gasteiger partial charge is 0.143 e. The fourth-order valence-corrected chi connectivity index (χ4v) is 3.12. The monoisotopic (exact) mass is 394 g/mol. The second-order valence-corrected chi connectivity index (χ2v) is 7.39. The summed E-state index contributed by atoms with van der Waals surface area (Å²) < 4.78 is 15.2. The minimum absolute atomic E-state index is 0.210. The Bertz CT molecular complexity index is 1120. The number of halogens is 1. The maximum Gasteiger partial charge on any atom is 0.143 e. The van der Waals surface area contributed by atoms with Crippen LogP contribution in [0.25, 0.3) is 0 Å². The summed E-state index contributed by atoms with van der Waals surface area (Å²) in [4.78, 5) is 0. The highest BCUT2D eigenvalue weighted by atomic mass is 19.1. The summed E-state index contributed by atoms with van der Waals surface area (Å²) in [6.45, 7) is 8.09. The molecular weight excluding hydrogens is 367 g/mol. The molecule has 0 aliphatic heterocycles. The van der Waals surface area contributed by atoms with Crippen molar-refractivity contribution in [1.29, 1.82) is 0 Å². The van der Waals surface area contributed by atoms with E-state index in [1.807, 2.05) is 82.3 Å². The van der Waals surface area contributed by atoms with E-state index in [1.54, 1.807) is 6.07 Å². The molecule has 1 aliphatic carbocycles. The normalized spacial score (nSPS) is 11.9. The third kappa shape index (κ3) is 5.40. The van der Waals surface area contributed by atoms with Crippen LogP contribution in [0.15, 0.2) is 60.7 Å². The standard InChI is InChI=1S/C27H21F.C2H6/c1-19-3-7-21(8-4-19)11-13-23-17-18-25(27(28)26(23)24-15-16-24)14-12-22-9-5-20(2)6-10-22;1-2/h3-10,17-18,24H,15-16H2,1-2H3;1-2H3. The molecule has 0 radical (unpaired) electrons. The lowest BCUT2D eigenvalue weighted by atomic mass is 9.98. The average Bonchev–Trinajstić information content (AvgIpc) is 3.60. The highest BCUT2D eigenvalue weighted by Crippen LogP contribution is 2.43. The van der Waals surface area contributed by atoms with Crippen molar-refractivity contribution in [2.75, 3.05) is 0 Å².